The number of aliphatic hydroxyl groups excluding tert-OH is 4. The number of ether oxygens (including phenoxy) is 2. The molecule has 1 saturated heterocycles. The first-order valence-corrected chi connectivity index (χ1v) is 11.0. The van der Waals surface area contributed by atoms with E-state index in [1.54, 1.807) is 0 Å². The van der Waals surface area contributed by atoms with Gasteiger partial charge >= 0.3 is 47.6 Å². The van der Waals surface area contributed by atoms with Gasteiger partial charge in [0.25, 0.3) is 0 Å². The summed E-state index contributed by atoms with van der Waals surface area (Å²) in [5, 5.41) is 37.7. The molecule has 1 aliphatic rings. The Morgan fingerprint density at radius 1 is 0.634 bits per heavy atom. The second-order valence-electron chi connectivity index (χ2n) is 8.17. The molecule has 1 heterocycles. The van der Waals surface area contributed by atoms with E-state index in [-0.39, 0.29) is 0 Å². The Morgan fingerprint density at radius 3 is 1.41 bits per heavy atom. The third-order valence-electron chi connectivity index (χ3n) is 5.32. The Balaban J connectivity index is 3.37. The number of allylic oxidation sites excluding steroid dienone is 1. The fourth-order valence-corrected chi connectivity index (χ4v) is 3.44. The molecule has 0 saturated carbocycles. The largest absolute Gasteiger partial charge is 0.460 e. The maximum atomic E-state index is 14.0. The molecule has 1 fully saturated rings. The van der Waals surface area contributed by atoms with Crippen LogP contribution < -0.4 is 0 Å². The summed E-state index contributed by atoms with van der Waals surface area (Å²) in [4.78, 5) is 0. The molecular weight excluding hydrogens is 750 g/mol. The lowest BCUT2D eigenvalue weighted by Crippen LogP contribution is -2.74. The van der Waals surface area contributed by atoms with Gasteiger partial charge in [-0.1, -0.05) is 0 Å². The highest BCUT2D eigenvalue weighted by molar-refractivity contribution is 14.1. The molecular formula is C17H14F17IO6. The molecule has 0 aliphatic carbocycles. The predicted molar refractivity (Wildman–Crippen MR) is 103 cm³/mol. The number of alkyl halides is 17. The number of hydrogen-bond acceptors (Lipinski definition) is 6. The van der Waals surface area contributed by atoms with Crippen LogP contribution in [-0.2, 0) is 9.47 Å². The highest BCUT2D eigenvalue weighted by Gasteiger charge is 2.95. The second kappa shape index (κ2) is 11.5. The van der Waals surface area contributed by atoms with Crippen LogP contribution in [0.1, 0.15) is 0 Å². The van der Waals surface area contributed by atoms with Crippen molar-refractivity contribution in [3.05, 3.63) is 9.66 Å². The van der Waals surface area contributed by atoms with E-state index >= 15 is 0 Å². The lowest BCUT2D eigenvalue weighted by molar-refractivity contribution is -0.459. The van der Waals surface area contributed by atoms with E-state index < -0.39 is 101 Å². The van der Waals surface area contributed by atoms with Gasteiger partial charge in [-0.2, -0.15) is 74.6 Å². The molecule has 4 N–H and O–H groups in total. The van der Waals surface area contributed by atoms with Gasteiger partial charge in [0.15, 0.2) is 6.29 Å². The molecule has 41 heavy (non-hydrogen) atoms. The highest BCUT2D eigenvalue weighted by Crippen LogP contribution is 2.64. The molecule has 0 aromatic carbocycles. The SMILES string of the molecule is OC[C@H]1O[C@@H](OC/C(I)=C/C(F)(F)C(F)(F)C(F)(F)C(F)(F)C(F)(F)C(F)(F)C(F)(F)C(F)(F)F)[C@H](O)[C@@H](O)[C@@H]1O. The summed E-state index contributed by atoms with van der Waals surface area (Å²) >= 11 is 0.531. The zero-order valence-electron chi connectivity index (χ0n) is 18.8. The standard InChI is InChI=1S/C17H14F17IO6/c18-10(19,1-4(35)3-40-9-8(39)7(38)6(37)5(2-36)41-9)11(20,21)12(22,23)13(24,25)14(26,27)15(28,29)16(30,31)17(32,33)34/h1,5-9,36-39H,2-3H2/b4-1-/t5-,6-,7+,8-,9-/m1/s1. The fourth-order valence-electron chi connectivity index (χ4n) is 2.87. The topological polar surface area (TPSA) is 99.4 Å². The molecule has 0 aromatic rings. The molecule has 1 rings (SSSR count). The lowest BCUT2D eigenvalue weighted by atomic mass is 9.89. The molecule has 0 bridgehead atoms. The summed E-state index contributed by atoms with van der Waals surface area (Å²) in [6.45, 7) is -2.65. The lowest BCUT2D eigenvalue weighted by Gasteiger charge is -2.42. The summed E-state index contributed by atoms with van der Waals surface area (Å²) in [7, 11) is 0. The van der Waals surface area contributed by atoms with E-state index in [9.17, 15) is 90.0 Å². The van der Waals surface area contributed by atoms with Crippen molar-refractivity contribution in [2.45, 2.75) is 78.3 Å². The molecule has 0 aromatic heterocycles. The minimum atomic E-state index is -8.74. The van der Waals surface area contributed by atoms with Crippen LogP contribution >= 0.6 is 22.6 Å². The summed E-state index contributed by atoms with van der Waals surface area (Å²) in [5.74, 6) is -57.5. The minimum absolute atomic E-state index is 0.531. The summed E-state index contributed by atoms with van der Waals surface area (Å²) in [6, 6.07) is 0. The van der Waals surface area contributed by atoms with Crippen molar-refractivity contribution in [3.8, 4) is 0 Å². The Morgan fingerprint density at radius 2 is 1.02 bits per heavy atom. The van der Waals surface area contributed by atoms with Gasteiger partial charge in [0.2, 0.25) is 0 Å². The van der Waals surface area contributed by atoms with Crippen LogP contribution in [0.15, 0.2) is 9.66 Å². The van der Waals surface area contributed by atoms with Gasteiger partial charge in [-0.3, -0.25) is 0 Å². The monoisotopic (exact) mass is 764 g/mol. The van der Waals surface area contributed by atoms with E-state index in [0.29, 0.717) is 22.6 Å². The second-order valence-corrected chi connectivity index (χ2v) is 9.55. The highest BCUT2D eigenvalue weighted by atomic mass is 127. The number of rotatable bonds is 11. The Hall–Kier alpha value is -0.960. The van der Waals surface area contributed by atoms with E-state index in [4.69, 9.17) is 5.11 Å². The van der Waals surface area contributed by atoms with Gasteiger partial charge < -0.3 is 29.9 Å². The smallest absolute Gasteiger partial charge is 0.394 e. The number of hydrogen-bond donors (Lipinski definition) is 4. The molecule has 0 spiro atoms. The van der Waals surface area contributed by atoms with E-state index in [2.05, 4.69) is 9.47 Å². The summed E-state index contributed by atoms with van der Waals surface area (Å²) < 4.78 is 234. The van der Waals surface area contributed by atoms with Crippen molar-refractivity contribution in [1.82, 2.24) is 0 Å². The van der Waals surface area contributed by atoms with Crippen molar-refractivity contribution in [2.24, 2.45) is 0 Å². The van der Waals surface area contributed by atoms with Crippen molar-refractivity contribution < 1.29 is 105 Å². The van der Waals surface area contributed by atoms with Gasteiger partial charge in [0.1, 0.15) is 24.4 Å². The van der Waals surface area contributed by atoms with E-state index in [1.165, 1.54) is 0 Å². The predicted octanol–water partition coefficient (Wildman–Crippen LogP) is 4.13. The Labute approximate surface area is 228 Å². The van der Waals surface area contributed by atoms with Crippen LogP contribution in [0.2, 0.25) is 0 Å². The van der Waals surface area contributed by atoms with Gasteiger partial charge in [-0.15, -0.1) is 0 Å². The maximum Gasteiger partial charge on any atom is 0.460 e. The van der Waals surface area contributed by atoms with Crippen LogP contribution in [0, 0.1) is 0 Å². The van der Waals surface area contributed by atoms with E-state index in [1.807, 2.05) is 0 Å². The van der Waals surface area contributed by atoms with Crippen LogP contribution in [-0.4, -0.2) is 112 Å². The van der Waals surface area contributed by atoms with Gasteiger partial charge in [-0.05, 0) is 22.6 Å². The molecule has 5 atom stereocenters. The molecule has 6 nitrogen and oxygen atoms in total. The third kappa shape index (κ3) is 6.06. The average Bonchev–Trinajstić information content (AvgIpc) is 2.80. The van der Waals surface area contributed by atoms with Crippen molar-refractivity contribution in [1.29, 1.82) is 0 Å². The van der Waals surface area contributed by atoms with Crippen molar-refractivity contribution in [2.75, 3.05) is 13.2 Å². The summed E-state index contributed by atoms with van der Waals surface area (Å²) in [6.07, 6.45) is -19.6. The van der Waals surface area contributed by atoms with Gasteiger partial charge in [0.05, 0.1) is 13.2 Å². The zero-order valence-corrected chi connectivity index (χ0v) is 20.9. The summed E-state index contributed by atoms with van der Waals surface area (Å²) in [5.41, 5.74) is 0. The Bertz CT molecular complexity index is 954. The molecule has 24 heteroatoms. The quantitative estimate of drug-likeness (QED) is 0.187. The van der Waals surface area contributed by atoms with E-state index in [0.717, 1.165) is 0 Å². The average molecular weight is 764 g/mol. The van der Waals surface area contributed by atoms with Crippen LogP contribution in [0.5, 0.6) is 0 Å². The van der Waals surface area contributed by atoms with Gasteiger partial charge in [-0.25, -0.2) is 0 Å². The normalized spacial score (nSPS) is 26.9. The Kier molecular flexibility index (Phi) is 10.7. The maximum absolute atomic E-state index is 14.0. The first-order valence-electron chi connectivity index (χ1n) is 9.91. The van der Waals surface area contributed by atoms with Crippen LogP contribution in [0.4, 0.5) is 74.6 Å². The van der Waals surface area contributed by atoms with Gasteiger partial charge in [0, 0.05) is 9.66 Å². The van der Waals surface area contributed by atoms with Crippen LogP contribution in [0.3, 0.4) is 0 Å². The first-order chi connectivity index (χ1) is 17.9. The first kappa shape index (κ1) is 38.1. The van der Waals surface area contributed by atoms with Crippen molar-refractivity contribution in [3.63, 3.8) is 0 Å². The van der Waals surface area contributed by atoms with Crippen molar-refractivity contribution >= 4 is 22.6 Å². The molecule has 0 unspecified atom stereocenters. The molecule has 244 valence electrons. The molecule has 0 radical (unpaired) electrons. The zero-order chi connectivity index (χ0) is 33.0. The minimum Gasteiger partial charge on any atom is -0.394 e. The van der Waals surface area contributed by atoms with Crippen LogP contribution in [0.25, 0.3) is 0 Å². The number of halogens is 18. The fraction of sp³-hybridized carbons (Fsp3) is 0.882. The number of aliphatic hydroxyl groups is 4. The molecule has 1 aliphatic heterocycles. The molecule has 0 amide bonds. The third-order valence-corrected chi connectivity index (χ3v) is 5.94.